The van der Waals surface area contributed by atoms with Gasteiger partial charge < -0.3 is 14.6 Å². The molecule has 0 saturated carbocycles. The van der Waals surface area contributed by atoms with Crippen LogP contribution in [0.25, 0.3) is 0 Å². The zero-order valence-electron chi connectivity index (χ0n) is 27.2. The number of rotatable bonds is 30. The number of hydrogen-bond donors (Lipinski definition) is 1. The summed E-state index contributed by atoms with van der Waals surface area (Å²) >= 11 is 0. The maximum atomic E-state index is 12.1. The largest absolute Gasteiger partial charge is 0.462 e. The quantitative estimate of drug-likeness (QED) is 0.0689. The molecule has 40 heavy (non-hydrogen) atoms. The summed E-state index contributed by atoms with van der Waals surface area (Å²) in [6.07, 6.45) is 27.3. The van der Waals surface area contributed by atoms with Gasteiger partial charge in [0, 0.05) is 12.8 Å². The minimum absolute atomic E-state index is 0.0598. The Morgan fingerprint density at radius 2 is 0.825 bits per heavy atom. The average Bonchev–Trinajstić information content (AvgIpc) is 2.91. The van der Waals surface area contributed by atoms with Gasteiger partial charge in [-0.3, -0.25) is 9.59 Å². The third-order valence-corrected chi connectivity index (χ3v) is 7.76. The topological polar surface area (TPSA) is 72.8 Å². The standard InChI is InChI=1S/C35H68O5/c1-31(2)25-21-17-13-9-6-5-7-11-15-19-23-27-34(37)39-30-33(29-36)40-35(38)28-24-20-16-12-8-10-14-18-22-26-32(3)4/h31-33,36H,5-30H2,1-4H3/t33-/m0/s1. The molecular weight excluding hydrogens is 500 g/mol. The van der Waals surface area contributed by atoms with Gasteiger partial charge in [-0.05, 0) is 24.7 Å². The Morgan fingerprint density at radius 1 is 0.500 bits per heavy atom. The molecule has 0 heterocycles. The summed E-state index contributed by atoms with van der Waals surface area (Å²) in [6, 6.07) is 0. The number of carbonyl (C=O) groups excluding carboxylic acids is 2. The second-order valence-corrected chi connectivity index (χ2v) is 12.9. The van der Waals surface area contributed by atoms with E-state index in [0.717, 1.165) is 50.4 Å². The van der Waals surface area contributed by atoms with E-state index in [9.17, 15) is 14.7 Å². The van der Waals surface area contributed by atoms with Crippen LogP contribution in [-0.4, -0.2) is 36.4 Å². The van der Waals surface area contributed by atoms with Crippen molar-refractivity contribution < 1.29 is 24.2 Å². The fraction of sp³-hybridized carbons (Fsp3) is 0.943. The first-order chi connectivity index (χ1) is 19.3. The molecule has 0 rings (SSSR count). The first kappa shape index (κ1) is 38.9. The average molecular weight is 569 g/mol. The lowest BCUT2D eigenvalue weighted by atomic mass is 10.0. The number of unbranched alkanes of at least 4 members (excludes halogenated alkanes) is 18. The van der Waals surface area contributed by atoms with Crippen molar-refractivity contribution in [3.8, 4) is 0 Å². The van der Waals surface area contributed by atoms with E-state index >= 15 is 0 Å². The monoisotopic (exact) mass is 569 g/mol. The highest BCUT2D eigenvalue weighted by atomic mass is 16.6. The van der Waals surface area contributed by atoms with Gasteiger partial charge in [0.1, 0.15) is 6.61 Å². The smallest absolute Gasteiger partial charge is 0.306 e. The molecule has 0 fully saturated rings. The molecule has 1 atom stereocenters. The van der Waals surface area contributed by atoms with Gasteiger partial charge in [0.25, 0.3) is 0 Å². The lowest BCUT2D eigenvalue weighted by molar-refractivity contribution is -0.161. The molecule has 0 amide bonds. The van der Waals surface area contributed by atoms with Crippen molar-refractivity contribution in [2.75, 3.05) is 13.2 Å². The van der Waals surface area contributed by atoms with Gasteiger partial charge in [-0.25, -0.2) is 0 Å². The van der Waals surface area contributed by atoms with Crippen LogP contribution >= 0.6 is 0 Å². The molecule has 0 aromatic carbocycles. The highest BCUT2D eigenvalue weighted by molar-refractivity contribution is 5.70. The van der Waals surface area contributed by atoms with Crippen molar-refractivity contribution in [3.05, 3.63) is 0 Å². The van der Waals surface area contributed by atoms with E-state index in [4.69, 9.17) is 9.47 Å². The van der Waals surface area contributed by atoms with Crippen molar-refractivity contribution in [2.24, 2.45) is 11.8 Å². The molecule has 0 saturated heterocycles. The van der Waals surface area contributed by atoms with Crippen molar-refractivity contribution >= 4 is 11.9 Å². The van der Waals surface area contributed by atoms with Crippen LogP contribution in [0.2, 0.25) is 0 Å². The van der Waals surface area contributed by atoms with Crippen LogP contribution in [0.1, 0.15) is 182 Å². The van der Waals surface area contributed by atoms with Gasteiger partial charge in [-0.1, -0.05) is 156 Å². The van der Waals surface area contributed by atoms with E-state index in [-0.39, 0.29) is 25.2 Å². The van der Waals surface area contributed by atoms with Crippen LogP contribution in [0.3, 0.4) is 0 Å². The Bertz CT molecular complexity index is 560. The molecule has 0 aliphatic carbocycles. The van der Waals surface area contributed by atoms with Crippen LogP contribution in [0, 0.1) is 11.8 Å². The molecule has 1 N–H and O–H groups in total. The number of esters is 2. The fourth-order valence-electron chi connectivity index (χ4n) is 5.10. The van der Waals surface area contributed by atoms with Gasteiger partial charge in [0.15, 0.2) is 6.10 Å². The predicted octanol–water partition coefficient (Wildman–Crippen LogP) is 10.1. The number of ether oxygens (including phenoxy) is 2. The van der Waals surface area contributed by atoms with E-state index in [1.807, 2.05) is 0 Å². The minimum atomic E-state index is -0.762. The van der Waals surface area contributed by atoms with E-state index in [1.165, 1.54) is 103 Å². The summed E-state index contributed by atoms with van der Waals surface area (Å²) in [5.41, 5.74) is 0. The highest BCUT2D eigenvalue weighted by Gasteiger charge is 2.16. The second-order valence-electron chi connectivity index (χ2n) is 12.9. The van der Waals surface area contributed by atoms with Gasteiger partial charge in [0.2, 0.25) is 0 Å². The Balaban J connectivity index is 3.55. The van der Waals surface area contributed by atoms with Crippen molar-refractivity contribution in [2.45, 2.75) is 188 Å². The van der Waals surface area contributed by atoms with Crippen molar-refractivity contribution in [1.29, 1.82) is 0 Å². The third kappa shape index (κ3) is 29.9. The maximum absolute atomic E-state index is 12.1. The normalized spacial score (nSPS) is 12.3. The molecule has 0 aromatic heterocycles. The molecule has 238 valence electrons. The molecule has 0 spiro atoms. The van der Waals surface area contributed by atoms with Gasteiger partial charge in [-0.2, -0.15) is 0 Å². The lowest BCUT2D eigenvalue weighted by Crippen LogP contribution is -2.28. The molecule has 0 aromatic rings. The molecule has 0 bridgehead atoms. The number of aliphatic hydroxyl groups excluding tert-OH is 1. The fourth-order valence-corrected chi connectivity index (χ4v) is 5.10. The zero-order chi connectivity index (χ0) is 29.7. The summed E-state index contributed by atoms with van der Waals surface area (Å²) in [5.74, 6) is 1.07. The lowest BCUT2D eigenvalue weighted by Gasteiger charge is -2.15. The van der Waals surface area contributed by atoms with Crippen LogP contribution in [0.4, 0.5) is 0 Å². The molecule has 0 aliphatic heterocycles. The zero-order valence-corrected chi connectivity index (χ0v) is 27.2. The Labute approximate surface area is 248 Å². The van der Waals surface area contributed by atoms with E-state index in [1.54, 1.807) is 0 Å². The Hall–Kier alpha value is -1.10. The molecule has 5 nitrogen and oxygen atoms in total. The Morgan fingerprint density at radius 3 is 1.18 bits per heavy atom. The highest BCUT2D eigenvalue weighted by Crippen LogP contribution is 2.15. The second kappa shape index (κ2) is 29.4. The van der Waals surface area contributed by atoms with Gasteiger partial charge in [0.05, 0.1) is 6.61 Å². The van der Waals surface area contributed by atoms with Crippen LogP contribution in [0.15, 0.2) is 0 Å². The first-order valence-electron chi connectivity index (χ1n) is 17.3. The molecule has 5 heteroatoms. The first-order valence-corrected chi connectivity index (χ1v) is 17.3. The van der Waals surface area contributed by atoms with Gasteiger partial charge >= 0.3 is 11.9 Å². The SMILES string of the molecule is CC(C)CCCCCCCCCCCCCC(=O)OC[C@H](CO)OC(=O)CCCCCCCCCCCC(C)C. The minimum Gasteiger partial charge on any atom is -0.462 e. The molecular formula is C35H68O5. The Kier molecular flexibility index (Phi) is 28.6. The summed E-state index contributed by atoms with van der Waals surface area (Å²) < 4.78 is 10.6. The van der Waals surface area contributed by atoms with Crippen LogP contribution in [-0.2, 0) is 19.1 Å². The van der Waals surface area contributed by atoms with Crippen LogP contribution in [0.5, 0.6) is 0 Å². The van der Waals surface area contributed by atoms with Crippen molar-refractivity contribution in [3.63, 3.8) is 0 Å². The third-order valence-electron chi connectivity index (χ3n) is 7.76. The summed E-state index contributed by atoms with van der Waals surface area (Å²) in [6.45, 7) is 8.79. The van der Waals surface area contributed by atoms with Crippen molar-refractivity contribution in [1.82, 2.24) is 0 Å². The summed E-state index contributed by atoms with van der Waals surface area (Å²) in [5, 5.41) is 9.50. The number of carbonyl (C=O) groups is 2. The molecule has 0 radical (unpaired) electrons. The predicted molar refractivity (Wildman–Crippen MR) is 168 cm³/mol. The van der Waals surface area contributed by atoms with E-state index in [0.29, 0.717) is 12.8 Å². The maximum Gasteiger partial charge on any atom is 0.306 e. The number of aliphatic hydroxyl groups is 1. The number of hydrogen-bond acceptors (Lipinski definition) is 5. The van der Waals surface area contributed by atoms with E-state index < -0.39 is 6.10 Å². The molecule has 0 aliphatic rings. The van der Waals surface area contributed by atoms with Crippen LogP contribution < -0.4 is 0 Å². The van der Waals surface area contributed by atoms with E-state index in [2.05, 4.69) is 27.7 Å². The summed E-state index contributed by atoms with van der Waals surface area (Å²) in [7, 11) is 0. The molecule has 0 unspecified atom stereocenters. The summed E-state index contributed by atoms with van der Waals surface area (Å²) in [4.78, 5) is 24.1. The van der Waals surface area contributed by atoms with Gasteiger partial charge in [-0.15, -0.1) is 0 Å².